The van der Waals surface area contributed by atoms with Gasteiger partial charge >= 0.3 is 0 Å². The summed E-state index contributed by atoms with van der Waals surface area (Å²) in [6.45, 7) is 6.92. The topological polar surface area (TPSA) is 70.0 Å². The Morgan fingerprint density at radius 2 is 2.14 bits per heavy atom. The molecule has 0 spiro atoms. The molecule has 0 atom stereocenters. The Balaban J connectivity index is 4.85. The summed E-state index contributed by atoms with van der Waals surface area (Å²) in [5.74, 6) is 0. The minimum atomic E-state index is -3.74. The first-order chi connectivity index (χ1) is 6.44. The van der Waals surface area contributed by atoms with E-state index in [9.17, 15) is 8.42 Å². The number of rotatable bonds is 4. The van der Waals surface area contributed by atoms with Gasteiger partial charge in [-0.05, 0) is 19.9 Å². The van der Waals surface area contributed by atoms with E-state index in [1.54, 1.807) is 23.8 Å². The van der Waals surface area contributed by atoms with Crippen molar-refractivity contribution in [2.24, 2.45) is 0 Å². The molecule has 5 heteroatoms. The average Bonchev–Trinajstić information content (AvgIpc) is 2.04. The van der Waals surface area contributed by atoms with E-state index in [4.69, 9.17) is 5.26 Å². The molecule has 0 saturated heterocycles. The number of hydrogen-bond donors (Lipinski definition) is 1. The number of hydrogen-bond acceptors (Lipinski definition) is 3. The van der Waals surface area contributed by atoms with Gasteiger partial charge in [0.15, 0.2) is 6.19 Å². The molecule has 0 aliphatic rings. The molecule has 0 fully saturated rings. The van der Waals surface area contributed by atoms with Crippen LogP contribution >= 0.6 is 0 Å². The second-order valence-corrected chi connectivity index (χ2v) is 4.31. The second kappa shape index (κ2) is 5.25. The van der Waals surface area contributed by atoms with Crippen LogP contribution in [0.2, 0.25) is 0 Å². The fourth-order valence-electron chi connectivity index (χ4n) is 0.768. The predicted octanol–water partition coefficient (Wildman–Crippen LogP) is 1.42. The van der Waals surface area contributed by atoms with Gasteiger partial charge in [0.25, 0.3) is 10.0 Å². The molecule has 76 valence electrons. The van der Waals surface area contributed by atoms with Crippen LogP contribution in [0.3, 0.4) is 0 Å². The van der Waals surface area contributed by atoms with Crippen LogP contribution in [-0.2, 0) is 10.0 Å². The largest absolute Gasteiger partial charge is 0.269 e. The fraction of sp³-hybridized carbons (Fsp3) is 0.222. The van der Waals surface area contributed by atoms with Crippen LogP contribution in [0.5, 0.6) is 0 Å². The first-order valence-electron chi connectivity index (χ1n) is 3.85. The maximum absolute atomic E-state index is 11.2. The zero-order chi connectivity index (χ0) is 11.2. The van der Waals surface area contributed by atoms with E-state index >= 15 is 0 Å². The second-order valence-electron chi connectivity index (χ2n) is 2.57. The number of nitrogens with one attached hydrogen (secondary N) is 1. The van der Waals surface area contributed by atoms with Gasteiger partial charge in [-0.15, -0.1) is 0 Å². The molecule has 0 heterocycles. The number of nitrogens with zero attached hydrogens (tertiary/aromatic N) is 1. The van der Waals surface area contributed by atoms with Gasteiger partial charge in [0, 0.05) is 0 Å². The maximum Gasteiger partial charge on any atom is 0.269 e. The molecule has 1 N–H and O–H groups in total. The lowest BCUT2D eigenvalue weighted by molar-refractivity contribution is 0.598. The molecule has 0 radical (unpaired) electrons. The Hall–Kier alpha value is -1.54. The lowest BCUT2D eigenvalue weighted by atomic mass is 10.2. The zero-order valence-corrected chi connectivity index (χ0v) is 8.93. The molecule has 0 rings (SSSR count). The van der Waals surface area contributed by atoms with Gasteiger partial charge < -0.3 is 0 Å². The highest BCUT2D eigenvalue weighted by Gasteiger charge is 2.11. The van der Waals surface area contributed by atoms with E-state index in [0.717, 1.165) is 5.57 Å². The van der Waals surface area contributed by atoms with Crippen molar-refractivity contribution in [2.45, 2.75) is 13.8 Å². The van der Waals surface area contributed by atoms with Crippen molar-refractivity contribution in [1.29, 1.82) is 5.26 Å². The molecule has 0 aromatic heterocycles. The fourth-order valence-corrected chi connectivity index (χ4v) is 1.36. The van der Waals surface area contributed by atoms with E-state index in [1.165, 1.54) is 12.3 Å². The molecule has 0 saturated carbocycles. The molecule has 0 amide bonds. The maximum atomic E-state index is 11.2. The quantitative estimate of drug-likeness (QED) is 0.435. The third kappa shape index (κ3) is 3.92. The van der Waals surface area contributed by atoms with E-state index in [2.05, 4.69) is 6.58 Å². The molecule has 0 aliphatic heterocycles. The molecule has 0 bridgehead atoms. The predicted molar refractivity (Wildman–Crippen MR) is 55.4 cm³/mol. The van der Waals surface area contributed by atoms with Gasteiger partial charge in [0.2, 0.25) is 0 Å². The van der Waals surface area contributed by atoms with Crippen molar-refractivity contribution in [3.63, 3.8) is 0 Å². The van der Waals surface area contributed by atoms with Gasteiger partial charge in [0.05, 0.1) is 4.91 Å². The van der Waals surface area contributed by atoms with E-state index in [0.29, 0.717) is 0 Å². The van der Waals surface area contributed by atoms with Crippen LogP contribution in [0, 0.1) is 11.5 Å². The van der Waals surface area contributed by atoms with Crippen LogP contribution in [-0.4, -0.2) is 8.42 Å². The zero-order valence-electron chi connectivity index (χ0n) is 8.11. The number of nitriles is 1. The highest BCUT2D eigenvalue weighted by atomic mass is 32.2. The summed E-state index contributed by atoms with van der Waals surface area (Å²) in [5.41, 5.74) is 0.751. The van der Waals surface area contributed by atoms with Crippen LogP contribution in [0.25, 0.3) is 0 Å². The summed E-state index contributed by atoms with van der Waals surface area (Å²) in [6.07, 6.45) is 6.26. The molecule has 14 heavy (non-hydrogen) atoms. The van der Waals surface area contributed by atoms with Crippen molar-refractivity contribution >= 4 is 10.0 Å². The Morgan fingerprint density at radius 3 is 2.57 bits per heavy atom. The van der Waals surface area contributed by atoms with Gasteiger partial charge in [0.1, 0.15) is 0 Å². The first kappa shape index (κ1) is 12.5. The van der Waals surface area contributed by atoms with E-state index in [1.807, 2.05) is 6.92 Å². The SMILES string of the molecule is C=C(C=C(C)/C=C\C)S(=O)(=O)NC#N. The molecule has 0 unspecified atom stereocenters. The Bertz CT molecular complexity index is 411. The van der Waals surface area contributed by atoms with Gasteiger partial charge in [-0.25, -0.2) is 13.1 Å². The lowest BCUT2D eigenvalue weighted by Crippen LogP contribution is -2.18. The summed E-state index contributed by atoms with van der Waals surface area (Å²) in [5, 5.41) is 8.17. The third-order valence-corrected chi connectivity index (χ3v) is 2.51. The normalized spacial score (nSPS) is 12.5. The summed E-state index contributed by atoms with van der Waals surface area (Å²) < 4.78 is 24.0. The Labute approximate surface area is 84.3 Å². The highest BCUT2D eigenvalue weighted by molar-refractivity contribution is 7.93. The third-order valence-electron chi connectivity index (χ3n) is 1.34. The summed E-state index contributed by atoms with van der Waals surface area (Å²) >= 11 is 0. The van der Waals surface area contributed by atoms with Crippen molar-refractivity contribution in [3.8, 4) is 6.19 Å². The van der Waals surface area contributed by atoms with Crippen molar-refractivity contribution in [3.05, 3.63) is 35.3 Å². The van der Waals surface area contributed by atoms with Gasteiger partial charge in [-0.2, -0.15) is 5.26 Å². The standard InChI is InChI=1S/C9H12N2O2S/c1-4-5-8(2)6-9(3)14(12,13)11-7-10/h4-6,11H,3H2,1-2H3/b5-4-,8-6?. The van der Waals surface area contributed by atoms with Crippen molar-refractivity contribution in [1.82, 2.24) is 4.72 Å². The highest BCUT2D eigenvalue weighted by Crippen LogP contribution is 2.07. The summed E-state index contributed by atoms with van der Waals surface area (Å²) in [7, 11) is -3.74. The minimum Gasteiger partial charge on any atom is -0.215 e. The average molecular weight is 212 g/mol. The summed E-state index contributed by atoms with van der Waals surface area (Å²) in [4.78, 5) is -0.130. The van der Waals surface area contributed by atoms with Crippen LogP contribution < -0.4 is 4.72 Å². The van der Waals surface area contributed by atoms with E-state index in [-0.39, 0.29) is 4.91 Å². The van der Waals surface area contributed by atoms with Crippen LogP contribution in [0.1, 0.15) is 13.8 Å². The molecule has 0 aromatic carbocycles. The first-order valence-corrected chi connectivity index (χ1v) is 5.33. The Morgan fingerprint density at radius 1 is 1.57 bits per heavy atom. The summed E-state index contributed by atoms with van der Waals surface area (Å²) in [6, 6.07) is 0. The lowest BCUT2D eigenvalue weighted by Gasteiger charge is -2.00. The minimum absolute atomic E-state index is 0.130. The molecular weight excluding hydrogens is 200 g/mol. The molecular formula is C9H12N2O2S. The van der Waals surface area contributed by atoms with Crippen LogP contribution in [0.15, 0.2) is 35.3 Å². The van der Waals surface area contributed by atoms with Gasteiger partial charge in [-0.3, -0.25) is 0 Å². The molecule has 0 aliphatic carbocycles. The van der Waals surface area contributed by atoms with E-state index < -0.39 is 10.0 Å². The van der Waals surface area contributed by atoms with Gasteiger partial charge in [-0.1, -0.05) is 24.3 Å². The Kier molecular flexibility index (Phi) is 4.67. The van der Waals surface area contributed by atoms with Crippen LogP contribution in [0.4, 0.5) is 0 Å². The van der Waals surface area contributed by atoms with Crippen molar-refractivity contribution in [2.75, 3.05) is 0 Å². The molecule has 0 aromatic rings. The monoisotopic (exact) mass is 212 g/mol. The number of allylic oxidation sites excluding steroid dienone is 4. The molecule has 4 nitrogen and oxygen atoms in total. The van der Waals surface area contributed by atoms with Crippen molar-refractivity contribution < 1.29 is 8.42 Å². The number of sulfonamides is 1. The smallest absolute Gasteiger partial charge is 0.215 e.